The summed E-state index contributed by atoms with van der Waals surface area (Å²) < 4.78 is 0. The van der Waals surface area contributed by atoms with Gasteiger partial charge in [0.05, 0.1) is 0 Å². The quantitative estimate of drug-likeness (QED) is 0.588. The van der Waals surface area contributed by atoms with E-state index in [1.54, 1.807) is 0 Å². The van der Waals surface area contributed by atoms with E-state index in [0.29, 0.717) is 11.9 Å². The van der Waals surface area contributed by atoms with Gasteiger partial charge in [0, 0.05) is 6.61 Å². The molecule has 0 saturated heterocycles. The van der Waals surface area contributed by atoms with E-state index < -0.39 is 0 Å². The second-order valence-corrected chi connectivity index (χ2v) is 3.68. The molecule has 0 rings (SSSR count). The highest BCUT2D eigenvalue weighted by atomic mass is 32.2. The molecule has 0 atom stereocenters. The molecule has 2 heteroatoms. The first-order valence-corrected chi connectivity index (χ1v) is 4.04. The van der Waals surface area contributed by atoms with Crippen molar-refractivity contribution in [3.05, 3.63) is 0 Å². The lowest BCUT2D eigenvalue weighted by Crippen LogP contribution is -1.91. The molecule has 0 bridgehead atoms. The minimum absolute atomic E-state index is 0.333. The summed E-state index contributed by atoms with van der Waals surface area (Å²) in [6.07, 6.45) is 0.933. The predicted octanol–water partition coefficient (Wildman–Crippen LogP) is 1.51. The van der Waals surface area contributed by atoms with Crippen LogP contribution in [0.15, 0.2) is 0 Å². The SMILES string of the molecule is CC(C)SCCCO. The molecule has 1 nitrogen and oxygen atoms in total. The normalized spacial score (nSPS) is 10.5. The number of aliphatic hydroxyl groups excluding tert-OH is 1. The summed E-state index contributed by atoms with van der Waals surface area (Å²) in [4.78, 5) is 0. The zero-order chi connectivity index (χ0) is 6.41. The van der Waals surface area contributed by atoms with Crippen LogP contribution in [-0.2, 0) is 0 Å². The summed E-state index contributed by atoms with van der Waals surface area (Å²) in [6, 6.07) is 0. The number of hydrogen-bond acceptors (Lipinski definition) is 2. The van der Waals surface area contributed by atoms with Gasteiger partial charge in [-0.2, -0.15) is 11.8 Å². The van der Waals surface area contributed by atoms with Gasteiger partial charge in [-0.3, -0.25) is 0 Å². The van der Waals surface area contributed by atoms with Crippen molar-refractivity contribution in [3.8, 4) is 0 Å². The molecule has 0 amide bonds. The highest BCUT2D eigenvalue weighted by Crippen LogP contribution is 2.08. The first-order chi connectivity index (χ1) is 3.77. The Balaban J connectivity index is 2.72. The average Bonchev–Trinajstić information content (AvgIpc) is 1.66. The van der Waals surface area contributed by atoms with Crippen LogP contribution in [0.2, 0.25) is 0 Å². The van der Waals surface area contributed by atoms with E-state index >= 15 is 0 Å². The van der Waals surface area contributed by atoms with E-state index in [9.17, 15) is 0 Å². The number of aliphatic hydroxyl groups is 1. The summed E-state index contributed by atoms with van der Waals surface area (Å²) in [7, 11) is 0. The molecule has 0 aromatic carbocycles. The van der Waals surface area contributed by atoms with Gasteiger partial charge >= 0.3 is 0 Å². The Morgan fingerprint density at radius 2 is 2.12 bits per heavy atom. The van der Waals surface area contributed by atoms with Gasteiger partial charge in [-0.15, -0.1) is 0 Å². The van der Waals surface area contributed by atoms with Gasteiger partial charge in [-0.05, 0) is 17.4 Å². The summed E-state index contributed by atoms with van der Waals surface area (Å²) >= 11 is 1.90. The van der Waals surface area contributed by atoms with Crippen LogP contribution in [0.25, 0.3) is 0 Å². The van der Waals surface area contributed by atoms with E-state index in [2.05, 4.69) is 13.8 Å². The first kappa shape index (κ1) is 8.31. The highest BCUT2D eigenvalue weighted by molar-refractivity contribution is 7.99. The zero-order valence-electron chi connectivity index (χ0n) is 5.55. The van der Waals surface area contributed by atoms with Crippen LogP contribution in [0.5, 0.6) is 0 Å². The minimum atomic E-state index is 0.333. The fourth-order valence-corrected chi connectivity index (χ4v) is 1.15. The lowest BCUT2D eigenvalue weighted by molar-refractivity contribution is 0.296. The zero-order valence-corrected chi connectivity index (χ0v) is 6.37. The van der Waals surface area contributed by atoms with Crippen LogP contribution in [0.4, 0.5) is 0 Å². The van der Waals surface area contributed by atoms with Crippen LogP contribution in [-0.4, -0.2) is 22.7 Å². The molecule has 0 aliphatic rings. The maximum absolute atomic E-state index is 8.37. The molecular weight excluding hydrogens is 120 g/mol. The predicted molar refractivity (Wildman–Crippen MR) is 39.3 cm³/mol. The van der Waals surface area contributed by atoms with E-state index in [4.69, 9.17) is 5.11 Å². The Morgan fingerprint density at radius 1 is 1.50 bits per heavy atom. The largest absolute Gasteiger partial charge is 0.396 e. The van der Waals surface area contributed by atoms with E-state index in [-0.39, 0.29) is 0 Å². The fourth-order valence-electron chi connectivity index (χ4n) is 0.384. The average molecular weight is 134 g/mol. The smallest absolute Gasteiger partial charge is 0.0438 e. The van der Waals surface area contributed by atoms with Crippen molar-refractivity contribution < 1.29 is 5.11 Å². The van der Waals surface area contributed by atoms with Crippen LogP contribution < -0.4 is 0 Å². The second kappa shape index (κ2) is 5.45. The molecule has 0 saturated carbocycles. The Hall–Kier alpha value is 0.310. The summed E-state index contributed by atoms with van der Waals surface area (Å²) in [5.41, 5.74) is 0. The molecule has 0 spiro atoms. The molecule has 0 aliphatic heterocycles. The van der Waals surface area contributed by atoms with Crippen molar-refractivity contribution >= 4 is 11.8 Å². The lowest BCUT2D eigenvalue weighted by atomic mass is 10.5. The van der Waals surface area contributed by atoms with Gasteiger partial charge in [-0.1, -0.05) is 13.8 Å². The van der Waals surface area contributed by atoms with Crippen LogP contribution in [0.1, 0.15) is 20.3 Å². The van der Waals surface area contributed by atoms with Gasteiger partial charge in [0.15, 0.2) is 0 Å². The monoisotopic (exact) mass is 134 g/mol. The fraction of sp³-hybridized carbons (Fsp3) is 1.00. The molecule has 8 heavy (non-hydrogen) atoms. The minimum Gasteiger partial charge on any atom is -0.396 e. The molecular formula is C6H14OS. The Bertz CT molecular complexity index is 45.8. The topological polar surface area (TPSA) is 20.2 Å². The Morgan fingerprint density at radius 3 is 2.50 bits per heavy atom. The molecule has 0 fully saturated rings. The number of rotatable bonds is 4. The highest BCUT2D eigenvalue weighted by Gasteiger charge is 1.91. The van der Waals surface area contributed by atoms with E-state index in [1.165, 1.54) is 0 Å². The van der Waals surface area contributed by atoms with Crippen LogP contribution in [0, 0.1) is 0 Å². The number of thioether (sulfide) groups is 1. The maximum atomic E-state index is 8.37. The van der Waals surface area contributed by atoms with Crippen molar-refractivity contribution in [2.24, 2.45) is 0 Å². The third-order valence-electron chi connectivity index (χ3n) is 0.754. The van der Waals surface area contributed by atoms with Gasteiger partial charge in [0.1, 0.15) is 0 Å². The van der Waals surface area contributed by atoms with Crippen molar-refractivity contribution in [2.45, 2.75) is 25.5 Å². The first-order valence-electron chi connectivity index (χ1n) is 3.00. The maximum Gasteiger partial charge on any atom is 0.0438 e. The van der Waals surface area contributed by atoms with Gasteiger partial charge in [-0.25, -0.2) is 0 Å². The summed E-state index contributed by atoms with van der Waals surface area (Å²) in [6.45, 7) is 4.67. The van der Waals surface area contributed by atoms with Crippen molar-refractivity contribution in [3.63, 3.8) is 0 Å². The molecule has 0 heterocycles. The Labute approximate surface area is 55.5 Å². The van der Waals surface area contributed by atoms with E-state index in [1.807, 2.05) is 11.8 Å². The second-order valence-electron chi connectivity index (χ2n) is 2.00. The summed E-state index contributed by atoms with van der Waals surface area (Å²) in [5, 5.41) is 9.08. The van der Waals surface area contributed by atoms with Crippen molar-refractivity contribution in [2.75, 3.05) is 12.4 Å². The van der Waals surface area contributed by atoms with Gasteiger partial charge in [0.2, 0.25) is 0 Å². The van der Waals surface area contributed by atoms with Crippen LogP contribution in [0.3, 0.4) is 0 Å². The molecule has 50 valence electrons. The van der Waals surface area contributed by atoms with Crippen molar-refractivity contribution in [1.29, 1.82) is 0 Å². The van der Waals surface area contributed by atoms with Gasteiger partial charge in [0.25, 0.3) is 0 Å². The molecule has 0 unspecified atom stereocenters. The van der Waals surface area contributed by atoms with Crippen LogP contribution >= 0.6 is 11.8 Å². The third-order valence-corrected chi connectivity index (χ3v) is 1.94. The van der Waals surface area contributed by atoms with E-state index in [0.717, 1.165) is 12.2 Å². The molecule has 0 aromatic heterocycles. The molecule has 1 N–H and O–H groups in total. The molecule has 0 radical (unpaired) electrons. The summed E-state index contributed by atoms with van der Waals surface area (Å²) in [5.74, 6) is 1.09. The standard InChI is InChI=1S/C6H14OS/c1-6(2)8-5-3-4-7/h6-7H,3-5H2,1-2H3. The molecule has 0 aromatic rings. The van der Waals surface area contributed by atoms with Gasteiger partial charge < -0.3 is 5.11 Å². The third kappa shape index (κ3) is 6.31. The Kier molecular flexibility index (Phi) is 5.66. The lowest BCUT2D eigenvalue weighted by Gasteiger charge is -2.00. The molecule has 0 aliphatic carbocycles. The van der Waals surface area contributed by atoms with Crippen molar-refractivity contribution in [1.82, 2.24) is 0 Å². The number of hydrogen-bond donors (Lipinski definition) is 1.